The van der Waals surface area contributed by atoms with Crippen molar-refractivity contribution in [3.8, 4) is 11.1 Å². The molecule has 3 heterocycles. The topological polar surface area (TPSA) is 86.1 Å². The quantitative estimate of drug-likeness (QED) is 0.598. The van der Waals surface area contributed by atoms with Gasteiger partial charge in [0.05, 0.1) is 23.3 Å². The molecule has 1 amide bonds. The Bertz CT molecular complexity index is 1090. The molecule has 0 spiro atoms. The molecule has 1 atom stereocenters. The summed E-state index contributed by atoms with van der Waals surface area (Å²) in [5, 5.41) is 4.20. The van der Waals surface area contributed by atoms with E-state index in [4.69, 9.17) is 0 Å². The zero-order valence-corrected chi connectivity index (χ0v) is 16.7. The van der Waals surface area contributed by atoms with Crippen LogP contribution in [0.3, 0.4) is 0 Å². The number of alkyl halides is 2. The predicted octanol–water partition coefficient (Wildman–Crippen LogP) is 2.27. The summed E-state index contributed by atoms with van der Waals surface area (Å²) in [5.41, 5.74) is 1.34. The monoisotopic (exact) mass is 437 g/mol. The summed E-state index contributed by atoms with van der Waals surface area (Å²) < 4.78 is 55.1. The minimum Gasteiger partial charge on any atom is -0.598 e. The van der Waals surface area contributed by atoms with Crippen molar-refractivity contribution in [3.05, 3.63) is 48.0 Å². The normalized spacial score (nSPS) is 15.6. The lowest BCUT2D eigenvalue weighted by atomic mass is 10.0. The van der Waals surface area contributed by atoms with Crippen molar-refractivity contribution in [2.75, 3.05) is 19.3 Å². The molecule has 0 bridgehead atoms. The van der Waals surface area contributed by atoms with Crippen LogP contribution in [-0.4, -0.2) is 55.5 Å². The second-order valence-corrected chi connectivity index (χ2v) is 8.18. The molecule has 2 aromatic heterocycles. The van der Waals surface area contributed by atoms with Crippen LogP contribution in [-0.2, 0) is 22.7 Å². The van der Waals surface area contributed by atoms with E-state index >= 15 is 0 Å². The van der Waals surface area contributed by atoms with Crippen LogP contribution in [0.25, 0.3) is 22.2 Å². The number of halogens is 3. The van der Waals surface area contributed by atoms with Gasteiger partial charge in [0, 0.05) is 36.2 Å². The second kappa shape index (κ2) is 8.25. The third-order valence-corrected chi connectivity index (χ3v) is 5.58. The zero-order chi connectivity index (χ0) is 21.4. The molecule has 3 aromatic rings. The number of hydrogen-bond donors (Lipinski definition) is 1. The fraction of sp³-hybridized carbons (Fsp3) is 0.316. The summed E-state index contributed by atoms with van der Waals surface area (Å²) >= 11 is -1.13. The van der Waals surface area contributed by atoms with Crippen molar-refractivity contribution in [2.24, 2.45) is 0 Å². The first-order valence-electron chi connectivity index (χ1n) is 9.08. The number of nitrogens with one attached hydrogen (secondary N) is 1. The standard InChI is InChI=1S/C19H18F3N5O2S/c1-30(29)25-13-8-26(9-13)18(28)10-27-17-5-12(6-23-16(17)7-24-27)11-2-3-15(20)14(4-11)19(21)22/h2-7,13,19,25H,8-10H2,1H3. The van der Waals surface area contributed by atoms with E-state index in [1.807, 2.05) is 0 Å². The Hall–Kier alpha value is -2.63. The third kappa shape index (κ3) is 4.13. The Morgan fingerprint density at radius 3 is 2.77 bits per heavy atom. The van der Waals surface area contributed by atoms with Gasteiger partial charge >= 0.3 is 0 Å². The van der Waals surface area contributed by atoms with Crippen molar-refractivity contribution in [2.45, 2.75) is 19.0 Å². The summed E-state index contributed by atoms with van der Waals surface area (Å²) in [6.45, 7) is 0.919. The molecule has 1 fully saturated rings. The minimum absolute atomic E-state index is 0.00456. The first kappa shape index (κ1) is 20.6. The van der Waals surface area contributed by atoms with Crippen molar-refractivity contribution in [1.82, 2.24) is 24.4 Å². The van der Waals surface area contributed by atoms with Gasteiger partial charge in [0.2, 0.25) is 5.91 Å². The molecule has 0 radical (unpaired) electrons. The molecular weight excluding hydrogens is 419 g/mol. The van der Waals surface area contributed by atoms with Gasteiger partial charge in [-0.1, -0.05) is 6.07 Å². The number of benzene rings is 1. The second-order valence-electron chi connectivity index (χ2n) is 7.04. The minimum atomic E-state index is -2.93. The van der Waals surface area contributed by atoms with Gasteiger partial charge in [0.25, 0.3) is 6.43 Å². The van der Waals surface area contributed by atoms with E-state index in [0.717, 1.165) is 12.1 Å². The Labute approximate surface area is 173 Å². The Kier molecular flexibility index (Phi) is 5.67. The number of pyridine rings is 1. The molecule has 7 nitrogen and oxygen atoms in total. The number of carbonyl (C=O) groups is 1. The highest BCUT2D eigenvalue weighted by Gasteiger charge is 2.33. The summed E-state index contributed by atoms with van der Waals surface area (Å²) in [6, 6.07) is 5.19. The molecule has 1 aromatic carbocycles. The van der Waals surface area contributed by atoms with Gasteiger partial charge in [0.1, 0.15) is 24.1 Å². The maximum absolute atomic E-state index is 13.6. The number of likely N-dealkylation sites (tertiary alicyclic amines) is 1. The van der Waals surface area contributed by atoms with Crippen molar-refractivity contribution in [1.29, 1.82) is 0 Å². The fourth-order valence-corrected chi connectivity index (χ4v) is 3.97. The molecule has 1 aliphatic heterocycles. The number of rotatable bonds is 6. The summed E-state index contributed by atoms with van der Waals surface area (Å²) in [7, 11) is 0. The van der Waals surface area contributed by atoms with Gasteiger partial charge in [-0.25, -0.2) is 13.2 Å². The molecule has 0 aliphatic carbocycles. The first-order chi connectivity index (χ1) is 14.3. The van der Waals surface area contributed by atoms with Crippen LogP contribution in [0.15, 0.2) is 36.7 Å². The highest BCUT2D eigenvalue weighted by molar-refractivity contribution is 7.88. The van der Waals surface area contributed by atoms with E-state index in [1.165, 1.54) is 29.4 Å². The maximum atomic E-state index is 13.6. The number of aromatic nitrogens is 3. The SMILES string of the molecule is C[S+]([O-])NC1CN(C(=O)Cn2ncc3ncc(-c4ccc(F)c(C(F)F)c4)cc32)C1. The zero-order valence-electron chi connectivity index (χ0n) is 15.9. The van der Waals surface area contributed by atoms with Crippen LogP contribution in [0, 0.1) is 5.82 Å². The molecule has 1 unspecified atom stereocenters. The van der Waals surface area contributed by atoms with Gasteiger partial charge in [-0.2, -0.15) is 5.10 Å². The van der Waals surface area contributed by atoms with Crippen LogP contribution in [0.5, 0.6) is 0 Å². The van der Waals surface area contributed by atoms with E-state index in [9.17, 15) is 22.5 Å². The van der Waals surface area contributed by atoms with Crippen LogP contribution in [0.4, 0.5) is 13.2 Å². The number of carbonyl (C=O) groups excluding carboxylic acids is 1. The van der Waals surface area contributed by atoms with E-state index < -0.39 is 29.2 Å². The molecule has 4 rings (SSSR count). The van der Waals surface area contributed by atoms with Crippen LogP contribution in [0.2, 0.25) is 0 Å². The summed E-state index contributed by atoms with van der Waals surface area (Å²) in [4.78, 5) is 18.4. The lowest BCUT2D eigenvalue weighted by Gasteiger charge is -2.38. The first-order valence-corrected chi connectivity index (χ1v) is 10.6. The highest BCUT2D eigenvalue weighted by atomic mass is 32.2. The van der Waals surface area contributed by atoms with Crippen molar-refractivity contribution in [3.63, 3.8) is 0 Å². The summed E-state index contributed by atoms with van der Waals surface area (Å²) in [5.74, 6) is -1.11. The maximum Gasteiger partial charge on any atom is 0.266 e. The smallest absolute Gasteiger partial charge is 0.266 e. The molecule has 30 heavy (non-hydrogen) atoms. The van der Waals surface area contributed by atoms with Crippen LogP contribution < -0.4 is 4.72 Å². The average Bonchev–Trinajstić information content (AvgIpc) is 3.06. The number of nitrogens with zero attached hydrogens (tertiary/aromatic N) is 4. The molecule has 0 saturated carbocycles. The molecule has 1 N–H and O–H groups in total. The largest absolute Gasteiger partial charge is 0.598 e. The van der Waals surface area contributed by atoms with E-state index in [0.29, 0.717) is 35.2 Å². The van der Waals surface area contributed by atoms with Crippen LogP contribution >= 0.6 is 0 Å². The Morgan fingerprint density at radius 1 is 1.30 bits per heavy atom. The molecule has 1 aliphatic rings. The molecule has 1 saturated heterocycles. The highest BCUT2D eigenvalue weighted by Crippen LogP contribution is 2.29. The lowest BCUT2D eigenvalue weighted by Crippen LogP contribution is -2.61. The summed E-state index contributed by atoms with van der Waals surface area (Å²) in [6.07, 6.45) is 1.62. The van der Waals surface area contributed by atoms with E-state index in [-0.39, 0.29) is 18.5 Å². The lowest BCUT2D eigenvalue weighted by molar-refractivity contribution is -0.136. The van der Waals surface area contributed by atoms with Crippen LogP contribution in [0.1, 0.15) is 12.0 Å². The van der Waals surface area contributed by atoms with Gasteiger partial charge in [-0.3, -0.25) is 14.5 Å². The number of hydrogen-bond acceptors (Lipinski definition) is 5. The Morgan fingerprint density at radius 2 is 2.07 bits per heavy atom. The number of amides is 1. The van der Waals surface area contributed by atoms with Gasteiger partial charge in [-0.15, -0.1) is 4.72 Å². The van der Waals surface area contributed by atoms with Gasteiger partial charge < -0.3 is 9.45 Å². The van der Waals surface area contributed by atoms with E-state index in [1.54, 1.807) is 11.0 Å². The molecular formula is C19H18F3N5O2S. The molecule has 11 heteroatoms. The number of fused-ring (bicyclic) bond motifs is 1. The fourth-order valence-electron chi connectivity index (χ4n) is 3.35. The van der Waals surface area contributed by atoms with Crippen molar-refractivity contribution < 1.29 is 22.5 Å². The molecule has 158 valence electrons. The average molecular weight is 437 g/mol. The predicted molar refractivity (Wildman–Crippen MR) is 105 cm³/mol. The van der Waals surface area contributed by atoms with Gasteiger partial charge in [0.15, 0.2) is 0 Å². The van der Waals surface area contributed by atoms with Gasteiger partial charge in [-0.05, 0) is 23.8 Å². The third-order valence-electron chi connectivity index (χ3n) is 4.91. The van der Waals surface area contributed by atoms with Crippen molar-refractivity contribution >= 4 is 28.3 Å². The Balaban J connectivity index is 1.54. The van der Waals surface area contributed by atoms with E-state index in [2.05, 4.69) is 14.8 Å².